The Morgan fingerprint density at radius 1 is 0.968 bits per heavy atom. The highest BCUT2D eigenvalue weighted by Crippen LogP contribution is 2.27. The largest absolute Gasteiger partial charge is 0.495 e. The lowest BCUT2D eigenvalue weighted by Crippen LogP contribution is -2.14. The highest BCUT2D eigenvalue weighted by molar-refractivity contribution is 7.92. The first kappa shape index (κ1) is 22.4. The number of benzene rings is 2. The molecule has 0 saturated carbocycles. The van der Waals surface area contributed by atoms with Crippen LogP contribution in [0.4, 0.5) is 17.2 Å². The molecule has 9 heteroatoms. The van der Waals surface area contributed by atoms with Crippen molar-refractivity contribution < 1.29 is 17.9 Å². The zero-order chi connectivity index (χ0) is 22.4. The molecular formula is C22H26N4O4S. The summed E-state index contributed by atoms with van der Waals surface area (Å²) in [5.74, 6) is 1.98. The third kappa shape index (κ3) is 5.85. The summed E-state index contributed by atoms with van der Waals surface area (Å²) in [5, 5.41) is 3.18. The number of nitrogens with zero attached hydrogens (tertiary/aromatic N) is 2. The average molecular weight is 443 g/mol. The summed E-state index contributed by atoms with van der Waals surface area (Å²) < 4.78 is 39.0. The zero-order valence-electron chi connectivity index (χ0n) is 18.0. The molecule has 0 bridgehead atoms. The van der Waals surface area contributed by atoms with Gasteiger partial charge in [-0.05, 0) is 62.2 Å². The van der Waals surface area contributed by atoms with Crippen LogP contribution in [-0.2, 0) is 10.0 Å². The van der Waals surface area contributed by atoms with Gasteiger partial charge in [-0.3, -0.25) is 4.72 Å². The molecule has 0 aliphatic rings. The summed E-state index contributed by atoms with van der Waals surface area (Å²) >= 11 is 0. The fraction of sp³-hybridized carbons (Fsp3) is 0.273. The molecule has 31 heavy (non-hydrogen) atoms. The zero-order valence-corrected chi connectivity index (χ0v) is 18.8. The summed E-state index contributed by atoms with van der Waals surface area (Å²) in [6, 6.07) is 13.6. The average Bonchev–Trinajstić information content (AvgIpc) is 2.73. The molecule has 0 amide bonds. The molecule has 0 radical (unpaired) electrons. The SMILES string of the molecule is CCCOc1cc(Nc2ccc(NS(=O)(=O)c3cc(C)ccc3OC)cc2)nc(C)n1. The lowest BCUT2D eigenvalue weighted by Gasteiger charge is -2.13. The van der Waals surface area contributed by atoms with E-state index in [9.17, 15) is 8.42 Å². The van der Waals surface area contributed by atoms with Gasteiger partial charge < -0.3 is 14.8 Å². The molecule has 3 rings (SSSR count). The minimum Gasteiger partial charge on any atom is -0.495 e. The van der Waals surface area contributed by atoms with Gasteiger partial charge in [0.05, 0.1) is 13.7 Å². The third-order valence-corrected chi connectivity index (χ3v) is 5.69. The number of methoxy groups -OCH3 is 1. The Bertz CT molecular complexity index is 1150. The highest BCUT2D eigenvalue weighted by atomic mass is 32.2. The molecule has 8 nitrogen and oxygen atoms in total. The van der Waals surface area contributed by atoms with Crippen molar-refractivity contribution in [3.63, 3.8) is 0 Å². The van der Waals surface area contributed by atoms with Crippen LogP contribution in [0.15, 0.2) is 53.4 Å². The van der Waals surface area contributed by atoms with Gasteiger partial charge in [-0.1, -0.05) is 13.0 Å². The van der Waals surface area contributed by atoms with Gasteiger partial charge in [0.25, 0.3) is 10.0 Å². The number of hydrogen-bond acceptors (Lipinski definition) is 7. The standard InChI is InChI=1S/C22H26N4O4S/c1-5-12-30-22-14-21(23-16(3)24-22)25-17-7-9-18(10-8-17)26-31(27,28)20-13-15(2)6-11-19(20)29-4/h6-11,13-14,26H,5,12H2,1-4H3,(H,23,24,25). The van der Waals surface area contributed by atoms with E-state index in [1.54, 1.807) is 55.5 Å². The van der Waals surface area contributed by atoms with E-state index in [4.69, 9.17) is 9.47 Å². The fourth-order valence-electron chi connectivity index (χ4n) is 2.86. The lowest BCUT2D eigenvalue weighted by molar-refractivity contribution is 0.304. The molecule has 0 fully saturated rings. The first-order chi connectivity index (χ1) is 14.8. The van der Waals surface area contributed by atoms with Crippen molar-refractivity contribution in [2.24, 2.45) is 0 Å². The minimum absolute atomic E-state index is 0.0910. The summed E-state index contributed by atoms with van der Waals surface area (Å²) in [5.41, 5.74) is 2.00. The van der Waals surface area contributed by atoms with Crippen molar-refractivity contribution in [1.82, 2.24) is 9.97 Å². The Morgan fingerprint density at radius 2 is 1.68 bits per heavy atom. The van der Waals surface area contributed by atoms with Crippen LogP contribution in [0.1, 0.15) is 24.7 Å². The molecule has 3 aromatic rings. The first-order valence-corrected chi connectivity index (χ1v) is 11.3. The molecule has 0 spiro atoms. The van der Waals surface area contributed by atoms with Gasteiger partial charge in [-0.25, -0.2) is 13.4 Å². The van der Waals surface area contributed by atoms with E-state index in [1.807, 2.05) is 13.8 Å². The van der Waals surface area contributed by atoms with Gasteiger partial charge in [0, 0.05) is 17.4 Å². The molecule has 2 N–H and O–H groups in total. The summed E-state index contributed by atoms with van der Waals surface area (Å²) in [7, 11) is -2.36. The number of rotatable bonds is 9. The third-order valence-electron chi connectivity index (χ3n) is 4.29. The van der Waals surface area contributed by atoms with Crippen molar-refractivity contribution in [3.8, 4) is 11.6 Å². The molecule has 1 heterocycles. The first-order valence-electron chi connectivity index (χ1n) is 9.84. The number of sulfonamides is 1. The second kappa shape index (κ2) is 9.65. The van der Waals surface area contributed by atoms with Crippen molar-refractivity contribution in [1.29, 1.82) is 0 Å². The number of anilines is 3. The van der Waals surface area contributed by atoms with Crippen LogP contribution in [0.25, 0.3) is 0 Å². The van der Waals surface area contributed by atoms with Gasteiger partial charge in [0.1, 0.15) is 22.3 Å². The normalized spacial score (nSPS) is 11.1. The molecule has 1 aromatic heterocycles. The van der Waals surface area contributed by atoms with Gasteiger partial charge in [-0.2, -0.15) is 4.98 Å². The second-order valence-electron chi connectivity index (χ2n) is 6.95. The van der Waals surface area contributed by atoms with E-state index in [0.717, 1.165) is 17.7 Å². The van der Waals surface area contributed by atoms with Gasteiger partial charge in [0.15, 0.2) is 0 Å². The van der Waals surface area contributed by atoms with Gasteiger partial charge in [-0.15, -0.1) is 0 Å². The van der Waals surface area contributed by atoms with E-state index >= 15 is 0 Å². The van der Waals surface area contributed by atoms with Crippen LogP contribution in [0.3, 0.4) is 0 Å². The van der Waals surface area contributed by atoms with Crippen molar-refractivity contribution in [2.45, 2.75) is 32.1 Å². The van der Waals surface area contributed by atoms with Crippen molar-refractivity contribution in [2.75, 3.05) is 23.8 Å². The van der Waals surface area contributed by atoms with Crippen molar-refractivity contribution in [3.05, 3.63) is 59.9 Å². The molecule has 2 aromatic carbocycles. The number of ether oxygens (including phenoxy) is 2. The Labute approximate surface area is 182 Å². The minimum atomic E-state index is -3.80. The predicted octanol–water partition coefficient (Wildman–Crippen LogP) is 4.44. The smallest absolute Gasteiger partial charge is 0.265 e. The Kier molecular flexibility index (Phi) is 6.96. The maximum atomic E-state index is 12.8. The van der Waals surface area contributed by atoms with E-state index in [-0.39, 0.29) is 10.6 Å². The maximum absolute atomic E-state index is 12.8. The number of aromatic nitrogens is 2. The van der Waals surface area contributed by atoms with Gasteiger partial charge in [0.2, 0.25) is 5.88 Å². The molecule has 164 valence electrons. The maximum Gasteiger partial charge on any atom is 0.265 e. The van der Waals surface area contributed by atoms with E-state index in [2.05, 4.69) is 20.0 Å². The van der Waals surface area contributed by atoms with Crippen molar-refractivity contribution >= 4 is 27.2 Å². The van der Waals surface area contributed by atoms with Crippen LogP contribution in [0.5, 0.6) is 11.6 Å². The van der Waals surface area contributed by atoms with Gasteiger partial charge >= 0.3 is 0 Å². The quantitative estimate of drug-likeness (QED) is 0.505. The molecule has 0 saturated heterocycles. The summed E-state index contributed by atoms with van der Waals surface area (Å²) in [6.45, 7) is 6.22. The molecule has 0 aliphatic carbocycles. The fourth-order valence-corrected chi connectivity index (χ4v) is 4.17. The van der Waals surface area contributed by atoms with E-state index < -0.39 is 10.0 Å². The highest BCUT2D eigenvalue weighted by Gasteiger charge is 2.20. The molecule has 0 atom stereocenters. The predicted molar refractivity (Wildman–Crippen MR) is 121 cm³/mol. The molecular weight excluding hydrogens is 416 g/mol. The number of nitrogens with one attached hydrogen (secondary N) is 2. The monoisotopic (exact) mass is 442 g/mol. The van der Waals surface area contributed by atoms with Crippen LogP contribution in [-0.4, -0.2) is 32.1 Å². The molecule has 0 aliphatic heterocycles. The number of aryl methyl sites for hydroxylation is 2. The Hall–Kier alpha value is -3.33. The Balaban J connectivity index is 1.75. The second-order valence-corrected chi connectivity index (χ2v) is 8.60. The van der Waals surface area contributed by atoms with E-state index in [0.29, 0.717) is 29.8 Å². The Morgan fingerprint density at radius 3 is 2.35 bits per heavy atom. The molecule has 0 unspecified atom stereocenters. The number of hydrogen-bond donors (Lipinski definition) is 2. The summed E-state index contributed by atoms with van der Waals surface area (Å²) in [6.07, 6.45) is 0.887. The lowest BCUT2D eigenvalue weighted by atomic mass is 10.2. The van der Waals surface area contributed by atoms with Crippen LogP contribution in [0.2, 0.25) is 0 Å². The topological polar surface area (TPSA) is 102 Å². The van der Waals surface area contributed by atoms with Crippen LogP contribution in [0, 0.1) is 13.8 Å². The van der Waals surface area contributed by atoms with E-state index in [1.165, 1.54) is 7.11 Å². The van der Waals surface area contributed by atoms with Crippen LogP contribution >= 0.6 is 0 Å². The van der Waals surface area contributed by atoms with Crippen LogP contribution < -0.4 is 19.5 Å². The summed E-state index contributed by atoms with van der Waals surface area (Å²) in [4.78, 5) is 8.71.